The number of nitrogens with one attached hydrogen (secondary N) is 1. The molecule has 0 aliphatic carbocycles. The lowest BCUT2D eigenvalue weighted by molar-refractivity contribution is 0.306. The van der Waals surface area contributed by atoms with Crippen molar-refractivity contribution in [2.24, 2.45) is 0 Å². The molecular weight excluding hydrogens is 341 g/mol. The number of ether oxygens (including phenoxy) is 1. The fourth-order valence-corrected chi connectivity index (χ4v) is 2.45. The minimum atomic E-state index is -0.297. The molecule has 0 spiro atoms. The molecule has 0 radical (unpaired) electrons. The number of nitrogens with zero attached hydrogens (tertiary/aromatic N) is 2. The Kier molecular flexibility index (Phi) is 5.26. The van der Waals surface area contributed by atoms with Gasteiger partial charge in [-0.15, -0.1) is 0 Å². The quantitative estimate of drug-likeness (QED) is 0.657. The maximum Gasteiger partial charge on any atom is 0.141 e. The summed E-state index contributed by atoms with van der Waals surface area (Å²) < 4.78 is 18.8. The zero-order valence-electron chi connectivity index (χ0n) is 13.2. The van der Waals surface area contributed by atoms with Crippen LogP contribution in [-0.2, 0) is 6.61 Å². The smallest absolute Gasteiger partial charge is 0.141 e. The Morgan fingerprint density at radius 2 is 2.12 bits per heavy atom. The maximum atomic E-state index is 13.2. The van der Waals surface area contributed by atoms with E-state index in [1.54, 1.807) is 36.5 Å². The van der Waals surface area contributed by atoms with Crippen LogP contribution in [0.1, 0.15) is 11.1 Å². The molecule has 0 amide bonds. The predicted octanol–water partition coefficient (Wildman–Crippen LogP) is 5.23. The number of halogens is 2. The summed E-state index contributed by atoms with van der Waals surface area (Å²) >= 11 is 6.27. The minimum absolute atomic E-state index is 0.233. The highest BCUT2D eigenvalue weighted by Gasteiger charge is 2.07. The maximum absolute atomic E-state index is 13.2. The van der Waals surface area contributed by atoms with Crippen LogP contribution in [0.15, 0.2) is 61.6 Å². The lowest BCUT2D eigenvalue weighted by Gasteiger charge is -2.12. The van der Waals surface area contributed by atoms with Crippen LogP contribution in [0.2, 0.25) is 5.02 Å². The van der Waals surface area contributed by atoms with Gasteiger partial charge in [-0.05, 0) is 35.9 Å². The summed E-state index contributed by atoms with van der Waals surface area (Å²) in [6, 6.07) is 11.6. The Balaban J connectivity index is 1.71. The van der Waals surface area contributed by atoms with E-state index in [0.29, 0.717) is 16.6 Å². The first-order valence-corrected chi connectivity index (χ1v) is 7.90. The predicted molar refractivity (Wildman–Crippen MR) is 97.6 cm³/mol. The van der Waals surface area contributed by atoms with Crippen LogP contribution in [0.4, 0.5) is 15.9 Å². The van der Waals surface area contributed by atoms with Crippen LogP contribution in [0, 0.1) is 5.82 Å². The van der Waals surface area contributed by atoms with Crippen molar-refractivity contribution in [3.05, 3.63) is 83.5 Å². The van der Waals surface area contributed by atoms with Gasteiger partial charge in [-0.3, -0.25) is 0 Å². The first kappa shape index (κ1) is 16.9. The van der Waals surface area contributed by atoms with E-state index in [9.17, 15) is 4.39 Å². The average Bonchev–Trinajstić information content (AvgIpc) is 2.61. The molecule has 25 heavy (non-hydrogen) atoms. The first-order chi connectivity index (χ1) is 12.2. The molecule has 6 heteroatoms. The van der Waals surface area contributed by atoms with Gasteiger partial charge in [0.2, 0.25) is 0 Å². The number of rotatable bonds is 6. The SMILES string of the molecule is C=Cc1cncnc1Nc1ccc(OCc2cccc(F)c2)c(Cl)c1. The van der Waals surface area contributed by atoms with E-state index in [2.05, 4.69) is 21.9 Å². The fourth-order valence-electron chi connectivity index (χ4n) is 2.21. The summed E-state index contributed by atoms with van der Waals surface area (Å²) in [7, 11) is 0. The number of hydrogen-bond acceptors (Lipinski definition) is 4. The van der Waals surface area contributed by atoms with Gasteiger partial charge in [0.25, 0.3) is 0 Å². The largest absolute Gasteiger partial charge is 0.487 e. The monoisotopic (exact) mass is 355 g/mol. The third kappa shape index (κ3) is 4.33. The Morgan fingerprint density at radius 1 is 1.24 bits per heavy atom. The lowest BCUT2D eigenvalue weighted by Crippen LogP contribution is -1.99. The van der Waals surface area contributed by atoms with Crippen LogP contribution in [0.3, 0.4) is 0 Å². The molecule has 0 bridgehead atoms. The minimum Gasteiger partial charge on any atom is -0.487 e. The Bertz CT molecular complexity index is 901. The molecule has 0 aliphatic rings. The van der Waals surface area contributed by atoms with Crippen LogP contribution < -0.4 is 10.1 Å². The Hall–Kier alpha value is -2.92. The van der Waals surface area contributed by atoms with Crippen LogP contribution in [-0.4, -0.2) is 9.97 Å². The molecule has 0 saturated heterocycles. The highest BCUT2D eigenvalue weighted by atomic mass is 35.5. The summed E-state index contributed by atoms with van der Waals surface area (Å²) in [5, 5.41) is 3.60. The molecule has 1 N–H and O–H groups in total. The van der Waals surface area contributed by atoms with Gasteiger partial charge in [0.05, 0.1) is 5.02 Å². The van der Waals surface area contributed by atoms with Crippen molar-refractivity contribution < 1.29 is 9.13 Å². The molecule has 126 valence electrons. The second kappa shape index (κ2) is 7.77. The molecular formula is C19H15ClFN3O. The molecule has 0 saturated carbocycles. The summed E-state index contributed by atoms with van der Waals surface area (Å²) in [5.41, 5.74) is 2.27. The number of benzene rings is 2. The van der Waals surface area contributed by atoms with E-state index >= 15 is 0 Å². The van der Waals surface area contributed by atoms with Crippen LogP contribution >= 0.6 is 11.6 Å². The molecule has 3 rings (SSSR count). The standard InChI is InChI=1S/C19H15ClFN3O/c1-2-14-10-22-12-23-19(14)24-16-6-7-18(17(20)9-16)25-11-13-4-3-5-15(21)8-13/h2-10,12H,1,11H2,(H,22,23,24). The number of hydrogen-bond donors (Lipinski definition) is 1. The normalized spacial score (nSPS) is 10.3. The van der Waals surface area contributed by atoms with Gasteiger partial charge < -0.3 is 10.1 Å². The second-order valence-corrected chi connectivity index (χ2v) is 5.63. The van der Waals surface area contributed by atoms with Gasteiger partial charge in [-0.2, -0.15) is 0 Å². The van der Waals surface area contributed by atoms with E-state index in [0.717, 1.165) is 16.8 Å². The molecule has 1 heterocycles. The highest BCUT2D eigenvalue weighted by Crippen LogP contribution is 2.30. The Labute approximate surface area is 150 Å². The second-order valence-electron chi connectivity index (χ2n) is 5.22. The van der Waals surface area contributed by atoms with Crippen LogP contribution in [0.5, 0.6) is 5.75 Å². The Morgan fingerprint density at radius 3 is 2.88 bits per heavy atom. The highest BCUT2D eigenvalue weighted by molar-refractivity contribution is 6.32. The van der Waals surface area contributed by atoms with E-state index in [1.165, 1.54) is 18.5 Å². The summed E-state index contributed by atoms with van der Waals surface area (Å²) in [6.07, 6.45) is 4.79. The molecule has 1 aromatic heterocycles. The topological polar surface area (TPSA) is 47.0 Å². The molecule has 2 aromatic carbocycles. The summed E-state index contributed by atoms with van der Waals surface area (Å²) in [6.45, 7) is 3.96. The van der Waals surface area contributed by atoms with E-state index in [1.807, 2.05) is 6.07 Å². The van der Waals surface area contributed by atoms with Crippen molar-refractivity contribution in [1.82, 2.24) is 9.97 Å². The summed E-state index contributed by atoms with van der Waals surface area (Å²) in [5.74, 6) is 0.854. The van der Waals surface area contributed by atoms with Gasteiger partial charge >= 0.3 is 0 Å². The molecule has 0 atom stereocenters. The zero-order chi connectivity index (χ0) is 17.6. The zero-order valence-corrected chi connectivity index (χ0v) is 14.0. The summed E-state index contributed by atoms with van der Waals surface area (Å²) in [4.78, 5) is 8.13. The van der Waals surface area contributed by atoms with E-state index in [4.69, 9.17) is 16.3 Å². The number of anilines is 2. The van der Waals surface area contributed by atoms with Crippen LogP contribution in [0.25, 0.3) is 6.08 Å². The van der Waals surface area contributed by atoms with Crippen molar-refractivity contribution in [2.45, 2.75) is 6.61 Å². The van der Waals surface area contributed by atoms with Crippen molar-refractivity contribution in [1.29, 1.82) is 0 Å². The average molecular weight is 356 g/mol. The number of aromatic nitrogens is 2. The van der Waals surface area contributed by atoms with Gasteiger partial charge in [-0.1, -0.05) is 36.4 Å². The lowest BCUT2D eigenvalue weighted by atomic mass is 10.2. The molecule has 3 aromatic rings. The first-order valence-electron chi connectivity index (χ1n) is 7.52. The van der Waals surface area contributed by atoms with Gasteiger partial charge in [0.1, 0.15) is 30.3 Å². The third-order valence-electron chi connectivity index (χ3n) is 3.44. The van der Waals surface area contributed by atoms with Gasteiger partial charge in [0.15, 0.2) is 0 Å². The van der Waals surface area contributed by atoms with Gasteiger partial charge in [-0.25, -0.2) is 14.4 Å². The van der Waals surface area contributed by atoms with Crippen molar-refractivity contribution in [3.63, 3.8) is 0 Å². The molecule has 0 unspecified atom stereocenters. The fraction of sp³-hybridized carbons (Fsp3) is 0.0526. The van der Waals surface area contributed by atoms with Crippen molar-refractivity contribution in [3.8, 4) is 5.75 Å². The van der Waals surface area contributed by atoms with Gasteiger partial charge in [0, 0.05) is 17.4 Å². The molecule has 4 nitrogen and oxygen atoms in total. The van der Waals surface area contributed by atoms with Crippen molar-refractivity contribution >= 4 is 29.2 Å². The molecule has 0 aliphatic heterocycles. The van der Waals surface area contributed by atoms with E-state index < -0.39 is 0 Å². The molecule has 0 fully saturated rings. The van der Waals surface area contributed by atoms with E-state index in [-0.39, 0.29) is 12.4 Å². The van der Waals surface area contributed by atoms with Crippen molar-refractivity contribution in [2.75, 3.05) is 5.32 Å². The third-order valence-corrected chi connectivity index (χ3v) is 3.73.